The molecule has 0 saturated carbocycles. The van der Waals surface area contributed by atoms with E-state index < -0.39 is 0 Å². The molecule has 8 bridgehead atoms. The monoisotopic (exact) mass is 1670 g/mol. The summed E-state index contributed by atoms with van der Waals surface area (Å²) in [4.78, 5) is 20.6. The van der Waals surface area contributed by atoms with Crippen LogP contribution in [0.3, 0.4) is 0 Å². The van der Waals surface area contributed by atoms with Crippen molar-refractivity contribution >= 4 is 86.7 Å². The summed E-state index contributed by atoms with van der Waals surface area (Å²) < 4.78 is 36.2. The minimum Gasteiger partial charge on any atom is -1.00 e. The first-order chi connectivity index (χ1) is 51.5. The number of nitrogens with one attached hydrogen (secondary N) is 2. The molecule has 0 saturated heterocycles. The van der Waals surface area contributed by atoms with Gasteiger partial charge in [-0.15, -0.1) is 0 Å². The van der Waals surface area contributed by atoms with E-state index in [1.54, 1.807) is 0 Å². The lowest BCUT2D eigenvalue weighted by Gasteiger charge is -2.14. The number of aromatic amines is 2. The first-order valence-electron chi connectivity index (χ1n) is 35.6. The lowest BCUT2D eigenvalue weighted by atomic mass is 9.93. The summed E-state index contributed by atoms with van der Waals surface area (Å²) in [5.74, 6) is 2.69. The van der Waals surface area contributed by atoms with Gasteiger partial charge < -0.3 is 96.8 Å². The van der Waals surface area contributed by atoms with Crippen LogP contribution in [0, 0.1) is 0 Å². The molecule has 2 N–H and O–H groups in total. The number of fused-ring (bicyclic) bond motifs is 24. The Morgan fingerprint density at radius 3 is 0.806 bits per heavy atom. The average Bonchev–Trinajstić information content (AvgIpc) is 1.56. The average molecular weight is 1670 g/mol. The molecule has 16 heteroatoms. The number of nitrogens with zero attached hydrogens (tertiary/aromatic N) is 6. The second-order valence-corrected chi connectivity index (χ2v) is 26.8. The van der Waals surface area contributed by atoms with E-state index in [2.05, 4.69) is 260 Å². The summed E-state index contributed by atoms with van der Waals surface area (Å²) in [6.45, 7) is 4.23. The number of rotatable bonds is 18. The summed E-state index contributed by atoms with van der Waals surface area (Å²) in [6, 6.07) is 94.9. The third-order valence-electron chi connectivity index (χ3n) is 20.2. The Bertz CT molecular complexity index is 5890. The number of ether oxygens (including phenoxy) is 4. The van der Waals surface area contributed by atoms with E-state index >= 15 is 0 Å². The van der Waals surface area contributed by atoms with Gasteiger partial charge in [0.05, 0.1) is 33.8 Å². The molecule has 7 aromatic heterocycles. The second-order valence-electron chi connectivity index (χ2n) is 26.8. The largest absolute Gasteiger partial charge is 1.00 e. The van der Waals surface area contributed by atoms with Gasteiger partial charge in [-0.1, -0.05) is 121 Å². The van der Waals surface area contributed by atoms with E-state index in [0.29, 0.717) is 75.6 Å². The Morgan fingerprint density at radius 1 is 0.259 bits per heavy atom. The molecule has 0 atom stereocenters. The van der Waals surface area contributed by atoms with Crippen molar-refractivity contribution in [1.82, 2.24) is 19.9 Å². The van der Waals surface area contributed by atoms with E-state index in [9.17, 15) is 0 Å². The van der Waals surface area contributed by atoms with Gasteiger partial charge >= 0.3 is 0 Å². The standard InChI is InChI=1S/C92H70N8O4.4BrH/c1-13-29-97(30-14-1)37-41-101-71-45-69(46-72(57-71)102-42-38-98-31-15-2-16-32-98)87-89-79-53-65-25-9-5-21-61(65)49-75(79)83(93-89)59-85-77-51-63-23-7-11-27-67(63)55-81(77)91(95-85)88(70-47-73(103-43-39-99-33-17-3-18-34-99)58-74(48-70)104-44-40-100-35-19-4-20-36-100)92-82-56-68-28-12-8-24-64(68)52-78(82)86(96-92)60-84-76-50-62-22-6-10-26-66(62)54-80(76)90(87)94-84;;;;/h1-36,45-60,93,96H,37-44H2;4*1H/q+4;;;;/p-4. The maximum absolute atomic E-state index is 6.91. The van der Waals surface area contributed by atoms with Crippen LogP contribution in [-0.2, 0) is 26.2 Å². The van der Waals surface area contributed by atoms with Crippen LogP contribution in [0.4, 0.5) is 0 Å². The van der Waals surface area contributed by atoms with E-state index in [-0.39, 0.29) is 67.9 Å². The molecule has 108 heavy (non-hydrogen) atoms. The van der Waals surface area contributed by atoms with Crippen LogP contribution in [0.5, 0.6) is 23.0 Å². The molecule has 530 valence electrons. The van der Waals surface area contributed by atoms with Crippen molar-refractivity contribution in [2.75, 3.05) is 26.4 Å². The number of aromatic nitrogens is 8. The molecule has 0 unspecified atom stereocenters. The van der Waals surface area contributed by atoms with Gasteiger partial charge in [0, 0.05) is 127 Å². The quantitative estimate of drug-likeness (QED) is 0.0926. The first-order valence-corrected chi connectivity index (χ1v) is 35.6. The third kappa shape index (κ3) is 14.3. The predicted molar refractivity (Wildman–Crippen MR) is 414 cm³/mol. The van der Waals surface area contributed by atoms with Gasteiger partial charge in [0.15, 0.2) is 75.8 Å². The predicted octanol–water partition coefficient (Wildman–Crippen LogP) is 6.72. The van der Waals surface area contributed by atoms with E-state index in [1.807, 2.05) is 84.9 Å². The van der Waals surface area contributed by atoms with Crippen molar-refractivity contribution in [3.05, 3.63) is 316 Å². The molecule has 2 aliphatic heterocycles. The Balaban J connectivity index is 0.00000233. The van der Waals surface area contributed by atoms with Crippen LogP contribution >= 0.6 is 0 Å². The van der Waals surface area contributed by atoms with Crippen molar-refractivity contribution < 1.29 is 105 Å². The highest BCUT2D eigenvalue weighted by molar-refractivity contribution is 6.21. The topological polar surface area (TPSA) is 110 Å². The summed E-state index contributed by atoms with van der Waals surface area (Å²) in [5, 5.41) is 12.9. The van der Waals surface area contributed by atoms with Crippen LogP contribution in [0.2, 0.25) is 0 Å². The Kier molecular flexibility index (Phi) is 21.1. The fourth-order valence-electron chi connectivity index (χ4n) is 15.1. The van der Waals surface area contributed by atoms with Crippen molar-refractivity contribution in [2.45, 2.75) is 26.2 Å². The van der Waals surface area contributed by atoms with Gasteiger partial charge in [0.2, 0.25) is 0 Å². The van der Waals surface area contributed by atoms with Gasteiger partial charge in [-0.05, 0) is 139 Å². The highest BCUT2D eigenvalue weighted by Crippen LogP contribution is 2.51. The van der Waals surface area contributed by atoms with Gasteiger partial charge in [-0.3, -0.25) is 0 Å². The zero-order chi connectivity index (χ0) is 68.9. The molecule has 0 amide bonds. The molecule has 0 aliphatic carbocycles. The first kappa shape index (κ1) is 72.2. The molecule has 10 aromatic carbocycles. The van der Waals surface area contributed by atoms with Gasteiger partial charge in [-0.2, -0.15) is 0 Å². The summed E-state index contributed by atoms with van der Waals surface area (Å²) >= 11 is 0. The van der Waals surface area contributed by atoms with Crippen molar-refractivity contribution in [3.63, 3.8) is 0 Å². The fourth-order valence-corrected chi connectivity index (χ4v) is 15.1. The zero-order valence-corrected chi connectivity index (χ0v) is 64.9. The molecule has 2 aliphatic rings. The van der Waals surface area contributed by atoms with E-state index in [4.69, 9.17) is 28.9 Å². The van der Waals surface area contributed by atoms with Crippen LogP contribution in [-0.4, -0.2) is 46.4 Å². The number of pyridine rings is 4. The van der Waals surface area contributed by atoms with Crippen LogP contribution in [0.15, 0.2) is 316 Å². The highest BCUT2D eigenvalue weighted by atomic mass is 79.9. The molecule has 17 aromatic rings. The maximum Gasteiger partial charge on any atom is 0.182 e. The molecular weight excluding hydrogens is 1600 g/mol. The lowest BCUT2D eigenvalue weighted by molar-refractivity contribution is -0.697. The number of halogens is 4. The summed E-state index contributed by atoms with van der Waals surface area (Å²) in [5.41, 5.74) is 14.3. The third-order valence-corrected chi connectivity index (χ3v) is 20.2. The van der Waals surface area contributed by atoms with E-state index in [0.717, 1.165) is 154 Å². The van der Waals surface area contributed by atoms with Crippen molar-refractivity contribution in [3.8, 4) is 90.3 Å². The number of benzene rings is 10. The number of hydrogen-bond acceptors (Lipinski definition) is 6. The number of hydrogen-bond donors (Lipinski definition) is 2. The van der Waals surface area contributed by atoms with Gasteiger partial charge in [0.1, 0.15) is 49.4 Å². The molecule has 0 fully saturated rings. The van der Waals surface area contributed by atoms with Gasteiger partial charge in [-0.25, -0.2) is 28.2 Å². The van der Waals surface area contributed by atoms with E-state index in [1.165, 1.54) is 0 Å². The highest BCUT2D eigenvalue weighted by Gasteiger charge is 2.29. The molecule has 0 spiro atoms. The Labute approximate surface area is 665 Å². The Morgan fingerprint density at radius 2 is 0.519 bits per heavy atom. The minimum atomic E-state index is 0. The lowest BCUT2D eigenvalue weighted by Crippen LogP contribution is -3.00. The summed E-state index contributed by atoms with van der Waals surface area (Å²) in [7, 11) is 0. The fraction of sp³-hybridized carbons (Fsp3) is 0.0870. The molecule has 0 radical (unpaired) electrons. The van der Waals surface area contributed by atoms with Crippen LogP contribution < -0.4 is 105 Å². The second kappa shape index (κ2) is 31.6. The molecule has 19 rings (SSSR count). The van der Waals surface area contributed by atoms with Crippen LogP contribution in [0.25, 0.3) is 154 Å². The SMILES string of the molecule is [Br-].[Br-].[Br-].[Br-].c1cc[n+](CCOc2cc(OCC[n+]3ccccc3)cc(-c3c4nc(cc5[nH]c(c(-c6cc(OCC[n+]7ccccc7)cc(OCC[n+]7ccccc7)c6)c6nc(cc7[nH]c3c3cc8ccccc8cc73)-c3cc7ccccc7cc3-6)c3cc6ccccc6cc53)-c3cc5ccccc5cc3-4)c2)cc1. The molecule has 9 heterocycles. The molecular formula is C92H70Br4N8O4. The summed E-state index contributed by atoms with van der Waals surface area (Å²) in [6.07, 6.45) is 16.5. The Hall–Kier alpha value is -11.4. The molecule has 12 nitrogen and oxygen atoms in total. The van der Waals surface area contributed by atoms with Crippen molar-refractivity contribution in [1.29, 1.82) is 0 Å². The smallest absolute Gasteiger partial charge is 0.182 e. The maximum atomic E-state index is 6.91. The number of H-pyrrole nitrogens is 2. The zero-order valence-electron chi connectivity index (χ0n) is 58.5. The van der Waals surface area contributed by atoms with Gasteiger partial charge in [0.25, 0.3) is 0 Å². The van der Waals surface area contributed by atoms with Crippen molar-refractivity contribution in [2.24, 2.45) is 0 Å². The van der Waals surface area contributed by atoms with Crippen LogP contribution in [0.1, 0.15) is 0 Å². The minimum absolute atomic E-state index is 0. The normalized spacial score (nSPS) is 11.3.